The molecule has 0 aliphatic rings. The highest BCUT2D eigenvalue weighted by molar-refractivity contribution is 6.30. The summed E-state index contributed by atoms with van der Waals surface area (Å²) in [6.07, 6.45) is 1.51. The maximum atomic E-state index is 13.1. The molecule has 0 bridgehead atoms. The maximum absolute atomic E-state index is 13.1. The number of pyridine rings is 1. The third kappa shape index (κ3) is 6.68. The topological polar surface area (TPSA) is 140 Å². The second-order valence-corrected chi connectivity index (χ2v) is 8.96. The number of aryl methyl sites for hydroxylation is 1. The first kappa shape index (κ1) is 26.7. The summed E-state index contributed by atoms with van der Waals surface area (Å²) in [6, 6.07) is 12.2. The fourth-order valence-corrected chi connectivity index (χ4v) is 3.95. The molecule has 0 radical (unpaired) electrons. The average molecular weight is 539 g/mol. The van der Waals surface area contributed by atoms with E-state index < -0.39 is 0 Å². The summed E-state index contributed by atoms with van der Waals surface area (Å²) in [6.45, 7) is 4.41. The Balaban J connectivity index is 1.39. The number of rotatable bonds is 11. The number of halogens is 1. The fourth-order valence-electron chi connectivity index (χ4n) is 3.76. The van der Waals surface area contributed by atoms with Crippen LogP contribution in [0.2, 0.25) is 5.02 Å². The van der Waals surface area contributed by atoms with Crippen molar-refractivity contribution in [2.45, 2.75) is 33.4 Å². The molecule has 198 valence electrons. The van der Waals surface area contributed by atoms with Gasteiger partial charge < -0.3 is 20.8 Å². The number of carbonyl (C=O) groups excluding carboxylic acids is 2. The zero-order chi connectivity index (χ0) is 27.1. The lowest BCUT2D eigenvalue weighted by Gasteiger charge is -2.14. The largest absolute Gasteiger partial charge is 0.483 e. The molecule has 0 unspecified atom stereocenters. The zero-order valence-electron chi connectivity index (χ0n) is 20.9. The van der Waals surface area contributed by atoms with Crippen LogP contribution in [0, 0.1) is 6.92 Å². The summed E-state index contributed by atoms with van der Waals surface area (Å²) < 4.78 is 11.7. The predicted octanol–water partition coefficient (Wildman–Crippen LogP) is 2.46. The Morgan fingerprint density at radius 1 is 1.03 bits per heavy atom. The molecule has 11 nitrogen and oxygen atoms in total. The summed E-state index contributed by atoms with van der Waals surface area (Å²) in [5, 5.41) is 13.5. The standard InChI is InChI=1S/C26H27ClN6O5/c1-3-28-25(35)15-37-23-7-5-19(27)11-18(23)14-29-24(34)12-20-16(2)8-9-33(26(20)36)30-13-17-4-6-21-22(10-17)32-38-31-21/h4-11,30H,3,12-15H2,1-2H3,(H,28,35)(H,29,34). The highest BCUT2D eigenvalue weighted by atomic mass is 35.5. The van der Waals surface area contributed by atoms with E-state index in [9.17, 15) is 14.4 Å². The summed E-state index contributed by atoms with van der Waals surface area (Å²) in [5.74, 6) is -0.165. The molecule has 2 aromatic carbocycles. The van der Waals surface area contributed by atoms with Crippen LogP contribution in [0.3, 0.4) is 0 Å². The second-order valence-electron chi connectivity index (χ2n) is 8.52. The number of carbonyl (C=O) groups is 2. The lowest BCUT2D eigenvalue weighted by molar-refractivity contribution is -0.123. The maximum Gasteiger partial charge on any atom is 0.272 e. The van der Waals surface area contributed by atoms with Crippen LogP contribution in [0.5, 0.6) is 5.75 Å². The molecule has 4 aromatic rings. The van der Waals surface area contributed by atoms with Crippen molar-refractivity contribution < 1.29 is 19.0 Å². The van der Waals surface area contributed by atoms with Crippen molar-refractivity contribution in [3.8, 4) is 5.75 Å². The Kier molecular flexibility index (Phi) is 8.59. The van der Waals surface area contributed by atoms with Crippen molar-refractivity contribution in [2.75, 3.05) is 18.6 Å². The fraction of sp³-hybridized carbons (Fsp3) is 0.269. The smallest absolute Gasteiger partial charge is 0.272 e. The molecule has 38 heavy (non-hydrogen) atoms. The van der Waals surface area contributed by atoms with Gasteiger partial charge in [0.2, 0.25) is 5.91 Å². The van der Waals surface area contributed by atoms with E-state index in [0.717, 1.165) is 5.56 Å². The van der Waals surface area contributed by atoms with Gasteiger partial charge in [-0.15, -0.1) is 0 Å². The number of amides is 2. The van der Waals surface area contributed by atoms with Crippen LogP contribution >= 0.6 is 11.6 Å². The molecular formula is C26H27ClN6O5. The number of aromatic nitrogens is 3. The van der Waals surface area contributed by atoms with Crippen molar-refractivity contribution in [3.63, 3.8) is 0 Å². The first-order valence-electron chi connectivity index (χ1n) is 11.9. The van der Waals surface area contributed by atoms with E-state index in [1.807, 2.05) is 19.1 Å². The van der Waals surface area contributed by atoms with Gasteiger partial charge in [-0.1, -0.05) is 17.7 Å². The van der Waals surface area contributed by atoms with Crippen LogP contribution in [-0.2, 0) is 29.1 Å². The molecule has 0 atom stereocenters. The van der Waals surface area contributed by atoms with E-state index in [2.05, 4.69) is 26.4 Å². The van der Waals surface area contributed by atoms with Crippen molar-refractivity contribution in [2.24, 2.45) is 0 Å². The van der Waals surface area contributed by atoms with E-state index in [1.165, 1.54) is 4.68 Å². The summed E-state index contributed by atoms with van der Waals surface area (Å²) >= 11 is 6.12. The van der Waals surface area contributed by atoms with Crippen LogP contribution < -0.4 is 26.4 Å². The van der Waals surface area contributed by atoms with Crippen LogP contribution in [0.15, 0.2) is 58.1 Å². The first-order chi connectivity index (χ1) is 18.3. The normalized spacial score (nSPS) is 10.8. The number of fused-ring (bicyclic) bond motifs is 1. The summed E-state index contributed by atoms with van der Waals surface area (Å²) in [5.41, 5.74) is 6.57. The van der Waals surface area contributed by atoms with E-state index in [-0.39, 0.29) is 36.9 Å². The van der Waals surface area contributed by atoms with Gasteiger partial charge in [-0.3, -0.25) is 14.4 Å². The monoisotopic (exact) mass is 538 g/mol. The second kappa shape index (κ2) is 12.2. The highest BCUT2D eigenvalue weighted by Gasteiger charge is 2.14. The molecule has 4 rings (SSSR count). The van der Waals surface area contributed by atoms with Gasteiger partial charge in [0.25, 0.3) is 11.5 Å². The van der Waals surface area contributed by atoms with Crippen molar-refractivity contribution in [1.82, 2.24) is 25.6 Å². The Morgan fingerprint density at radius 3 is 2.66 bits per heavy atom. The third-order valence-corrected chi connectivity index (χ3v) is 6.00. The molecule has 2 heterocycles. The minimum atomic E-state index is -0.346. The van der Waals surface area contributed by atoms with Gasteiger partial charge in [-0.2, -0.15) is 0 Å². The molecule has 0 spiro atoms. The van der Waals surface area contributed by atoms with Crippen LogP contribution in [0.4, 0.5) is 0 Å². The Labute approximate surface area is 223 Å². The lowest BCUT2D eigenvalue weighted by atomic mass is 10.1. The molecule has 2 amide bonds. The molecule has 12 heteroatoms. The van der Waals surface area contributed by atoms with E-state index in [4.69, 9.17) is 21.0 Å². The van der Waals surface area contributed by atoms with Gasteiger partial charge in [0, 0.05) is 35.4 Å². The number of likely N-dealkylation sites (N-methyl/N-ethyl adjacent to an activating group) is 1. The van der Waals surface area contributed by atoms with Gasteiger partial charge in [-0.25, -0.2) is 9.31 Å². The highest BCUT2D eigenvalue weighted by Crippen LogP contribution is 2.23. The SMILES string of the molecule is CCNC(=O)COc1ccc(Cl)cc1CNC(=O)Cc1c(C)ccn(NCc2ccc3nonc3c2)c1=O. The quantitative estimate of drug-likeness (QED) is 0.264. The Morgan fingerprint density at radius 2 is 1.84 bits per heavy atom. The summed E-state index contributed by atoms with van der Waals surface area (Å²) in [4.78, 5) is 37.6. The molecule has 2 aromatic heterocycles. The molecule has 0 fully saturated rings. The van der Waals surface area contributed by atoms with E-state index in [1.54, 1.807) is 43.5 Å². The number of nitrogens with zero attached hydrogens (tertiary/aromatic N) is 3. The minimum absolute atomic E-state index is 0.112. The zero-order valence-corrected chi connectivity index (χ0v) is 21.7. The first-order valence-corrected chi connectivity index (χ1v) is 12.3. The van der Waals surface area contributed by atoms with Crippen molar-refractivity contribution in [3.05, 3.63) is 86.3 Å². The van der Waals surface area contributed by atoms with Crippen LogP contribution in [0.1, 0.15) is 29.2 Å². The van der Waals surface area contributed by atoms with Crippen LogP contribution in [-0.4, -0.2) is 40.0 Å². The molecule has 3 N–H and O–H groups in total. The predicted molar refractivity (Wildman–Crippen MR) is 141 cm³/mol. The van der Waals surface area contributed by atoms with Crippen molar-refractivity contribution in [1.29, 1.82) is 0 Å². The van der Waals surface area contributed by atoms with Gasteiger partial charge >= 0.3 is 0 Å². The summed E-state index contributed by atoms with van der Waals surface area (Å²) in [7, 11) is 0. The Hall–Kier alpha value is -4.38. The van der Waals surface area contributed by atoms with Crippen molar-refractivity contribution >= 4 is 34.4 Å². The van der Waals surface area contributed by atoms with Gasteiger partial charge in [0.1, 0.15) is 16.8 Å². The van der Waals surface area contributed by atoms with Gasteiger partial charge in [0.15, 0.2) is 6.61 Å². The minimum Gasteiger partial charge on any atom is -0.483 e. The third-order valence-electron chi connectivity index (χ3n) is 5.77. The van der Waals surface area contributed by atoms with Gasteiger partial charge in [-0.05, 0) is 71.7 Å². The number of ether oxygens (including phenoxy) is 1. The molecule has 0 saturated carbocycles. The van der Waals surface area contributed by atoms with Gasteiger partial charge in [0.05, 0.1) is 13.0 Å². The number of hydrogen-bond donors (Lipinski definition) is 3. The molecule has 0 aliphatic heterocycles. The Bertz CT molecular complexity index is 1520. The van der Waals surface area contributed by atoms with E-state index in [0.29, 0.717) is 51.6 Å². The van der Waals surface area contributed by atoms with Crippen LogP contribution in [0.25, 0.3) is 11.0 Å². The molecular weight excluding hydrogens is 512 g/mol. The number of nitrogens with one attached hydrogen (secondary N) is 3. The number of benzene rings is 2. The number of hydrogen-bond acceptors (Lipinski definition) is 8. The molecule has 0 aliphatic carbocycles. The molecule has 0 saturated heterocycles. The average Bonchev–Trinajstić information content (AvgIpc) is 3.37. The van der Waals surface area contributed by atoms with E-state index >= 15 is 0 Å². The lowest BCUT2D eigenvalue weighted by Crippen LogP contribution is -2.34.